The van der Waals surface area contributed by atoms with Crippen LogP contribution in [0.4, 0.5) is 0 Å². The number of benzene rings is 1. The minimum Gasteiger partial charge on any atom is -0.493 e. The predicted molar refractivity (Wildman–Crippen MR) is 110 cm³/mol. The highest BCUT2D eigenvalue weighted by atomic mass is 32.1. The van der Waals surface area contributed by atoms with Crippen molar-refractivity contribution in [2.75, 3.05) is 20.8 Å². The molecular weight excluding hydrogens is 380 g/mol. The monoisotopic (exact) mass is 402 g/mol. The molecule has 0 aliphatic heterocycles. The van der Waals surface area contributed by atoms with Crippen molar-refractivity contribution in [3.63, 3.8) is 0 Å². The van der Waals surface area contributed by atoms with E-state index in [2.05, 4.69) is 10.4 Å². The fraction of sp³-hybridized carbons (Fsp3) is 0.300. The maximum atomic E-state index is 12.8. The van der Waals surface area contributed by atoms with Gasteiger partial charge in [0.15, 0.2) is 11.5 Å². The van der Waals surface area contributed by atoms with Crippen molar-refractivity contribution >= 4 is 28.6 Å². The van der Waals surface area contributed by atoms with Crippen molar-refractivity contribution in [2.45, 2.75) is 19.9 Å². The zero-order valence-electron chi connectivity index (χ0n) is 15.6. The van der Waals surface area contributed by atoms with Crippen LogP contribution in [0.3, 0.4) is 0 Å². The second kappa shape index (κ2) is 9.01. The number of likely N-dealkylation sites (N-methyl/N-ethyl adjacent to an activating group) is 1. The number of ether oxygens (including phenoxy) is 2. The molecule has 0 N–H and O–H groups in total. The van der Waals surface area contributed by atoms with E-state index in [4.69, 9.17) is 9.47 Å². The minimum absolute atomic E-state index is 0.0643. The number of thiophene rings is 1. The number of aromatic nitrogens is 1. The van der Waals surface area contributed by atoms with Gasteiger partial charge in [0.25, 0.3) is 0 Å². The third-order valence-electron chi connectivity index (χ3n) is 4.21. The van der Waals surface area contributed by atoms with Crippen LogP contribution in [0.25, 0.3) is 10.6 Å². The molecule has 0 spiro atoms. The lowest BCUT2D eigenvalue weighted by molar-refractivity contribution is -0.130. The van der Waals surface area contributed by atoms with Crippen LogP contribution in [0, 0.1) is 0 Å². The molecule has 142 valence electrons. The first-order valence-corrected chi connectivity index (χ1v) is 10.4. The van der Waals surface area contributed by atoms with E-state index in [0.29, 0.717) is 31.0 Å². The predicted octanol–water partition coefficient (Wildman–Crippen LogP) is 4.48. The van der Waals surface area contributed by atoms with Crippen molar-refractivity contribution in [1.29, 1.82) is 0 Å². The van der Waals surface area contributed by atoms with Crippen LogP contribution in [0.1, 0.15) is 18.2 Å². The molecule has 27 heavy (non-hydrogen) atoms. The smallest absolute Gasteiger partial charge is 0.228 e. The summed E-state index contributed by atoms with van der Waals surface area (Å²) in [6.45, 7) is 3.14. The molecule has 0 fully saturated rings. The SMILES string of the molecule is CCN(Cc1ccc(OC)c(OC)c1)C(=O)Cc1csc(-c2ccsc2)n1. The van der Waals surface area contributed by atoms with Gasteiger partial charge in [-0.25, -0.2) is 4.98 Å². The van der Waals surface area contributed by atoms with Crippen molar-refractivity contribution < 1.29 is 14.3 Å². The van der Waals surface area contributed by atoms with E-state index in [-0.39, 0.29) is 5.91 Å². The number of carbonyl (C=O) groups is 1. The molecule has 3 rings (SSSR count). The number of hydrogen-bond donors (Lipinski definition) is 0. The number of nitrogens with zero attached hydrogens (tertiary/aromatic N) is 2. The van der Waals surface area contributed by atoms with Crippen LogP contribution in [-0.2, 0) is 17.8 Å². The number of methoxy groups -OCH3 is 2. The van der Waals surface area contributed by atoms with Gasteiger partial charge < -0.3 is 14.4 Å². The molecule has 0 radical (unpaired) electrons. The summed E-state index contributed by atoms with van der Waals surface area (Å²) in [6, 6.07) is 7.77. The van der Waals surface area contributed by atoms with Gasteiger partial charge in [-0.05, 0) is 36.1 Å². The Morgan fingerprint density at radius 3 is 2.63 bits per heavy atom. The first kappa shape index (κ1) is 19.4. The molecule has 0 saturated heterocycles. The summed E-state index contributed by atoms with van der Waals surface area (Å²) >= 11 is 3.22. The van der Waals surface area contributed by atoms with E-state index in [1.165, 1.54) is 0 Å². The van der Waals surface area contributed by atoms with Crippen molar-refractivity contribution in [1.82, 2.24) is 9.88 Å². The summed E-state index contributed by atoms with van der Waals surface area (Å²) in [6.07, 6.45) is 0.307. The lowest BCUT2D eigenvalue weighted by atomic mass is 10.1. The molecule has 0 aliphatic carbocycles. The van der Waals surface area contributed by atoms with Crippen LogP contribution >= 0.6 is 22.7 Å². The van der Waals surface area contributed by atoms with E-state index in [0.717, 1.165) is 21.8 Å². The van der Waals surface area contributed by atoms with Crippen LogP contribution < -0.4 is 9.47 Å². The number of carbonyl (C=O) groups excluding carboxylic acids is 1. The fourth-order valence-corrected chi connectivity index (χ4v) is 4.28. The number of amides is 1. The summed E-state index contributed by atoms with van der Waals surface area (Å²) in [5.41, 5.74) is 2.93. The van der Waals surface area contributed by atoms with E-state index in [9.17, 15) is 4.79 Å². The summed E-state index contributed by atoms with van der Waals surface area (Å²) < 4.78 is 10.6. The summed E-state index contributed by atoms with van der Waals surface area (Å²) in [5, 5.41) is 7.03. The van der Waals surface area contributed by atoms with Gasteiger partial charge in [0.2, 0.25) is 5.91 Å². The van der Waals surface area contributed by atoms with Gasteiger partial charge in [0, 0.05) is 29.4 Å². The normalized spacial score (nSPS) is 10.6. The number of thiazole rings is 1. The Hall–Kier alpha value is -2.38. The second-order valence-corrected chi connectivity index (χ2v) is 7.57. The standard InChI is InChI=1S/C20H22N2O3S2/c1-4-22(11-14-5-6-17(24-2)18(9-14)25-3)19(23)10-16-13-27-20(21-16)15-7-8-26-12-15/h5-9,12-13H,4,10-11H2,1-3H3. The van der Waals surface area contributed by atoms with E-state index in [1.54, 1.807) is 36.9 Å². The quantitative estimate of drug-likeness (QED) is 0.557. The van der Waals surface area contributed by atoms with Crippen molar-refractivity contribution in [3.8, 4) is 22.1 Å². The Bertz CT molecular complexity index is 891. The Kier molecular flexibility index (Phi) is 6.47. The average Bonchev–Trinajstić information content (AvgIpc) is 3.37. The molecule has 1 amide bonds. The molecule has 2 heterocycles. The van der Waals surface area contributed by atoms with Gasteiger partial charge in [-0.1, -0.05) is 6.07 Å². The lowest BCUT2D eigenvalue weighted by Crippen LogP contribution is -2.31. The molecule has 7 heteroatoms. The second-order valence-electron chi connectivity index (χ2n) is 5.93. The maximum Gasteiger partial charge on any atom is 0.228 e. The lowest BCUT2D eigenvalue weighted by Gasteiger charge is -2.21. The Morgan fingerprint density at radius 2 is 1.96 bits per heavy atom. The van der Waals surface area contributed by atoms with Gasteiger partial charge in [-0.2, -0.15) is 11.3 Å². The van der Waals surface area contributed by atoms with Crippen LogP contribution in [-0.4, -0.2) is 36.6 Å². The minimum atomic E-state index is 0.0643. The first-order chi connectivity index (χ1) is 13.1. The van der Waals surface area contributed by atoms with Crippen molar-refractivity contribution in [2.24, 2.45) is 0 Å². The molecular formula is C20H22N2O3S2. The average molecular weight is 403 g/mol. The van der Waals surface area contributed by atoms with E-state index < -0.39 is 0 Å². The zero-order chi connectivity index (χ0) is 19.2. The summed E-state index contributed by atoms with van der Waals surface area (Å²) in [4.78, 5) is 19.2. The third-order valence-corrected chi connectivity index (χ3v) is 5.83. The highest BCUT2D eigenvalue weighted by Gasteiger charge is 2.16. The van der Waals surface area contributed by atoms with E-state index in [1.807, 2.05) is 46.8 Å². The van der Waals surface area contributed by atoms with Crippen LogP contribution in [0.5, 0.6) is 11.5 Å². The molecule has 0 saturated carbocycles. The Balaban J connectivity index is 1.67. The van der Waals surface area contributed by atoms with Gasteiger partial charge in [-0.3, -0.25) is 4.79 Å². The highest BCUT2D eigenvalue weighted by Crippen LogP contribution is 2.28. The largest absolute Gasteiger partial charge is 0.493 e. The molecule has 0 bridgehead atoms. The molecule has 0 atom stereocenters. The third kappa shape index (κ3) is 4.67. The maximum absolute atomic E-state index is 12.8. The summed E-state index contributed by atoms with van der Waals surface area (Å²) in [5.74, 6) is 1.41. The zero-order valence-corrected chi connectivity index (χ0v) is 17.2. The number of rotatable bonds is 8. The molecule has 2 aromatic heterocycles. The molecule has 0 unspecified atom stereocenters. The number of hydrogen-bond acceptors (Lipinski definition) is 6. The fourth-order valence-electron chi connectivity index (χ4n) is 2.75. The van der Waals surface area contributed by atoms with Gasteiger partial charge in [0.05, 0.1) is 26.3 Å². The molecule has 0 aliphatic rings. The first-order valence-electron chi connectivity index (χ1n) is 8.60. The molecule has 1 aromatic carbocycles. The topological polar surface area (TPSA) is 51.7 Å². The van der Waals surface area contributed by atoms with Gasteiger partial charge in [0.1, 0.15) is 5.01 Å². The van der Waals surface area contributed by atoms with Crippen LogP contribution in [0.15, 0.2) is 40.4 Å². The Morgan fingerprint density at radius 1 is 1.15 bits per heavy atom. The molecule has 3 aromatic rings. The Labute approximate surface area is 167 Å². The van der Waals surface area contributed by atoms with E-state index >= 15 is 0 Å². The van der Waals surface area contributed by atoms with Crippen molar-refractivity contribution in [3.05, 3.63) is 51.7 Å². The van der Waals surface area contributed by atoms with Gasteiger partial charge >= 0.3 is 0 Å². The van der Waals surface area contributed by atoms with Crippen LogP contribution in [0.2, 0.25) is 0 Å². The molecule has 5 nitrogen and oxygen atoms in total. The highest BCUT2D eigenvalue weighted by molar-refractivity contribution is 7.14. The van der Waals surface area contributed by atoms with Gasteiger partial charge in [-0.15, -0.1) is 11.3 Å². The summed E-state index contributed by atoms with van der Waals surface area (Å²) in [7, 11) is 3.22.